The van der Waals surface area contributed by atoms with Crippen LogP contribution >= 0.6 is 0 Å². The fraction of sp³-hybridized carbons (Fsp3) is 0.467. The molecular weight excluding hydrogens is 329 g/mol. The molecule has 0 aromatic heterocycles. The molecule has 1 amide bonds. The number of alkyl halides is 3. The minimum absolute atomic E-state index is 0.0896. The molecule has 1 atom stereocenters. The lowest BCUT2D eigenvalue weighted by Crippen LogP contribution is -2.41. The summed E-state index contributed by atoms with van der Waals surface area (Å²) in [6.07, 6.45) is -4.50. The van der Waals surface area contributed by atoms with Gasteiger partial charge >= 0.3 is 12.1 Å². The molecule has 1 aromatic carbocycles. The largest absolute Gasteiger partial charge is 0.497 e. The Morgan fingerprint density at radius 3 is 2.46 bits per heavy atom. The van der Waals surface area contributed by atoms with Gasteiger partial charge in [-0.25, -0.2) is 4.79 Å². The van der Waals surface area contributed by atoms with Crippen LogP contribution < -0.4 is 10.1 Å². The summed E-state index contributed by atoms with van der Waals surface area (Å²) in [5, 5.41) is 3.52. The van der Waals surface area contributed by atoms with E-state index in [1.165, 1.54) is 31.4 Å². The number of hydroxylamine groups is 2. The van der Waals surface area contributed by atoms with E-state index in [0.29, 0.717) is 30.3 Å². The standard InChI is InChI=1S/C15H17F3N2O4/c1-23-12-4-2-11(3-5-12)13(21)20(9-10-6-7-19-8-10)24-14(22)15(16,17)18/h2-5,10,19H,6-9H2,1H3/t10-/m0/s1. The quantitative estimate of drug-likeness (QED) is 0.842. The summed E-state index contributed by atoms with van der Waals surface area (Å²) < 4.78 is 42.3. The molecule has 1 aromatic rings. The van der Waals surface area contributed by atoms with Crippen LogP contribution in [0.4, 0.5) is 13.2 Å². The summed E-state index contributed by atoms with van der Waals surface area (Å²) >= 11 is 0. The highest BCUT2D eigenvalue weighted by molar-refractivity contribution is 5.94. The SMILES string of the molecule is COc1ccc(C(=O)N(C[C@H]2CCNC2)OC(=O)C(F)(F)F)cc1. The fourth-order valence-electron chi connectivity index (χ4n) is 2.30. The molecule has 0 aliphatic carbocycles. The number of hydrogen-bond acceptors (Lipinski definition) is 5. The summed E-state index contributed by atoms with van der Waals surface area (Å²) in [5.74, 6) is -2.84. The van der Waals surface area contributed by atoms with Crippen LogP contribution in [-0.4, -0.2) is 49.9 Å². The van der Waals surface area contributed by atoms with Crippen molar-refractivity contribution in [2.24, 2.45) is 5.92 Å². The molecule has 1 aliphatic rings. The Balaban J connectivity index is 2.15. The van der Waals surface area contributed by atoms with E-state index >= 15 is 0 Å². The van der Waals surface area contributed by atoms with Crippen molar-refractivity contribution in [1.29, 1.82) is 0 Å². The normalized spacial score (nSPS) is 17.4. The van der Waals surface area contributed by atoms with Crippen molar-refractivity contribution in [1.82, 2.24) is 10.4 Å². The smallest absolute Gasteiger partial charge is 0.493 e. The predicted octanol–water partition coefficient (Wildman–Crippen LogP) is 1.77. The number of halogens is 3. The zero-order valence-corrected chi connectivity index (χ0v) is 12.9. The van der Waals surface area contributed by atoms with Crippen LogP contribution in [0.2, 0.25) is 0 Å². The molecule has 9 heteroatoms. The van der Waals surface area contributed by atoms with Gasteiger partial charge in [-0.15, -0.1) is 0 Å². The number of ether oxygens (including phenoxy) is 1. The average molecular weight is 346 g/mol. The van der Waals surface area contributed by atoms with Crippen molar-refractivity contribution < 1.29 is 32.3 Å². The Hall–Kier alpha value is -2.29. The second kappa shape index (κ2) is 7.52. The van der Waals surface area contributed by atoms with Crippen LogP contribution in [0, 0.1) is 5.92 Å². The maximum atomic E-state index is 12.4. The second-order valence-electron chi connectivity index (χ2n) is 5.33. The third kappa shape index (κ3) is 4.60. The van der Waals surface area contributed by atoms with Gasteiger partial charge in [0.15, 0.2) is 0 Å². The molecule has 24 heavy (non-hydrogen) atoms. The first-order chi connectivity index (χ1) is 11.3. The van der Waals surface area contributed by atoms with Crippen LogP contribution in [0.3, 0.4) is 0 Å². The number of nitrogens with one attached hydrogen (secondary N) is 1. The topological polar surface area (TPSA) is 67.9 Å². The first-order valence-corrected chi connectivity index (χ1v) is 7.27. The van der Waals surface area contributed by atoms with Crippen LogP contribution in [0.25, 0.3) is 0 Å². The first kappa shape index (κ1) is 18.1. The van der Waals surface area contributed by atoms with Gasteiger partial charge in [0.05, 0.1) is 13.7 Å². The Bertz CT molecular complexity index is 583. The molecular formula is C15H17F3N2O4. The van der Waals surface area contributed by atoms with E-state index in [2.05, 4.69) is 10.2 Å². The van der Waals surface area contributed by atoms with Gasteiger partial charge in [-0.1, -0.05) is 0 Å². The fourth-order valence-corrected chi connectivity index (χ4v) is 2.30. The van der Waals surface area contributed by atoms with Crippen LogP contribution in [-0.2, 0) is 9.63 Å². The molecule has 1 heterocycles. The van der Waals surface area contributed by atoms with E-state index in [1.807, 2.05) is 0 Å². The van der Waals surface area contributed by atoms with Gasteiger partial charge in [0.1, 0.15) is 5.75 Å². The van der Waals surface area contributed by atoms with Gasteiger partial charge in [0.2, 0.25) is 0 Å². The van der Waals surface area contributed by atoms with Crippen molar-refractivity contribution in [2.45, 2.75) is 12.6 Å². The van der Waals surface area contributed by atoms with E-state index in [1.54, 1.807) is 0 Å². The Morgan fingerprint density at radius 2 is 1.96 bits per heavy atom. The highest BCUT2D eigenvalue weighted by Crippen LogP contribution is 2.21. The second-order valence-corrected chi connectivity index (χ2v) is 5.33. The molecule has 1 fully saturated rings. The molecule has 6 nitrogen and oxygen atoms in total. The highest BCUT2D eigenvalue weighted by atomic mass is 19.4. The van der Waals surface area contributed by atoms with Crippen molar-refractivity contribution in [3.8, 4) is 5.75 Å². The number of carbonyl (C=O) groups excluding carboxylic acids is 2. The first-order valence-electron chi connectivity index (χ1n) is 7.27. The Morgan fingerprint density at radius 1 is 1.29 bits per heavy atom. The number of methoxy groups -OCH3 is 1. The third-order valence-corrected chi connectivity index (χ3v) is 3.57. The zero-order valence-electron chi connectivity index (χ0n) is 12.9. The zero-order chi connectivity index (χ0) is 17.7. The third-order valence-electron chi connectivity index (χ3n) is 3.57. The van der Waals surface area contributed by atoms with Crippen molar-refractivity contribution in [3.05, 3.63) is 29.8 Å². The number of nitrogens with zero attached hydrogens (tertiary/aromatic N) is 1. The molecule has 1 N–H and O–H groups in total. The van der Waals surface area contributed by atoms with Gasteiger partial charge in [-0.2, -0.15) is 18.2 Å². The predicted molar refractivity (Wildman–Crippen MR) is 77.2 cm³/mol. The van der Waals surface area contributed by atoms with Gasteiger partial charge < -0.3 is 14.9 Å². The molecule has 0 unspecified atom stereocenters. The lowest BCUT2D eigenvalue weighted by Gasteiger charge is -2.24. The lowest BCUT2D eigenvalue weighted by molar-refractivity contribution is -0.229. The van der Waals surface area contributed by atoms with E-state index in [4.69, 9.17) is 4.74 Å². The summed E-state index contributed by atoms with van der Waals surface area (Å²) in [6.45, 7) is 1.12. The average Bonchev–Trinajstić information content (AvgIpc) is 3.05. The van der Waals surface area contributed by atoms with Crippen molar-refractivity contribution in [3.63, 3.8) is 0 Å². The number of amides is 1. The monoisotopic (exact) mass is 346 g/mol. The number of rotatable bonds is 4. The maximum absolute atomic E-state index is 12.4. The molecule has 0 radical (unpaired) electrons. The Kier molecular flexibility index (Phi) is 5.66. The van der Waals surface area contributed by atoms with E-state index in [0.717, 1.165) is 0 Å². The van der Waals surface area contributed by atoms with E-state index in [9.17, 15) is 22.8 Å². The minimum Gasteiger partial charge on any atom is -0.497 e. The van der Waals surface area contributed by atoms with Gasteiger partial charge in [-0.3, -0.25) is 4.79 Å². The summed E-state index contributed by atoms with van der Waals surface area (Å²) in [7, 11) is 1.45. The molecule has 0 bridgehead atoms. The molecule has 0 spiro atoms. The van der Waals surface area contributed by atoms with E-state index in [-0.39, 0.29) is 18.0 Å². The molecule has 0 saturated carbocycles. The molecule has 132 valence electrons. The summed E-state index contributed by atoms with van der Waals surface area (Å²) in [5.41, 5.74) is 0.0942. The number of carbonyl (C=O) groups is 2. The van der Waals surface area contributed by atoms with Crippen molar-refractivity contribution in [2.75, 3.05) is 26.7 Å². The summed E-state index contributed by atoms with van der Waals surface area (Å²) in [6, 6.07) is 5.77. The van der Waals surface area contributed by atoms with E-state index < -0.39 is 18.1 Å². The number of hydrogen-bond donors (Lipinski definition) is 1. The van der Waals surface area contributed by atoms with Gasteiger partial charge in [0, 0.05) is 5.56 Å². The lowest BCUT2D eigenvalue weighted by atomic mass is 10.1. The van der Waals surface area contributed by atoms with Gasteiger partial charge in [-0.05, 0) is 49.7 Å². The van der Waals surface area contributed by atoms with Gasteiger partial charge in [0.25, 0.3) is 5.91 Å². The Labute approximate surface area is 136 Å². The van der Waals surface area contributed by atoms with Crippen LogP contribution in [0.5, 0.6) is 5.75 Å². The summed E-state index contributed by atoms with van der Waals surface area (Å²) in [4.78, 5) is 27.8. The maximum Gasteiger partial charge on any atom is 0.493 e. The molecule has 2 rings (SSSR count). The van der Waals surface area contributed by atoms with Crippen molar-refractivity contribution >= 4 is 11.9 Å². The number of benzene rings is 1. The minimum atomic E-state index is -5.17. The van der Waals surface area contributed by atoms with Crippen LogP contribution in [0.15, 0.2) is 24.3 Å². The molecule has 1 aliphatic heterocycles. The highest BCUT2D eigenvalue weighted by Gasteiger charge is 2.43. The van der Waals surface area contributed by atoms with Crippen LogP contribution in [0.1, 0.15) is 16.8 Å². The molecule has 1 saturated heterocycles.